The molecular weight excluding hydrogens is 270 g/mol. The van der Waals surface area contributed by atoms with E-state index in [-0.39, 0.29) is 24.4 Å². The van der Waals surface area contributed by atoms with Crippen molar-refractivity contribution < 1.29 is 4.79 Å². The van der Waals surface area contributed by atoms with Crippen molar-refractivity contribution in [2.45, 2.75) is 45.1 Å². The van der Waals surface area contributed by atoms with Crippen LogP contribution < -0.4 is 10.6 Å². The number of hydrogen-bond donors (Lipinski definition) is 2. The lowest BCUT2D eigenvalue weighted by atomic mass is 10.0. The van der Waals surface area contributed by atoms with E-state index in [1.54, 1.807) is 11.3 Å². The van der Waals surface area contributed by atoms with Crippen molar-refractivity contribution >= 4 is 34.8 Å². The van der Waals surface area contributed by atoms with E-state index < -0.39 is 0 Å². The van der Waals surface area contributed by atoms with Gasteiger partial charge in [-0.3, -0.25) is 4.79 Å². The highest BCUT2D eigenvalue weighted by Gasteiger charge is 2.21. The van der Waals surface area contributed by atoms with E-state index in [0.717, 1.165) is 19.4 Å². The quantitative estimate of drug-likeness (QED) is 0.900. The van der Waals surface area contributed by atoms with E-state index in [9.17, 15) is 4.79 Å². The predicted molar refractivity (Wildman–Crippen MR) is 77.7 cm³/mol. The van der Waals surface area contributed by atoms with Crippen LogP contribution in [0.5, 0.6) is 0 Å². The van der Waals surface area contributed by atoms with E-state index in [2.05, 4.69) is 29.5 Å². The number of carbonyl (C=O) groups excluding carboxylic acids is 1. The van der Waals surface area contributed by atoms with Gasteiger partial charge in [0.1, 0.15) is 0 Å². The summed E-state index contributed by atoms with van der Waals surface area (Å²) < 4.78 is 0. The molecule has 1 amide bonds. The maximum Gasteiger partial charge on any atom is 0.243 e. The maximum absolute atomic E-state index is 11.9. The van der Waals surface area contributed by atoms with Crippen LogP contribution >= 0.6 is 23.7 Å². The van der Waals surface area contributed by atoms with E-state index in [4.69, 9.17) is 0 Å². The number of hydrogen-bond acceptors (Lipinski definition) is 4. The third-order valence-corrected chi connectivity index (χ3v) is 4.16. The second-order valence-electron chi connectivity index (χ2n) is 4.71. The van der Waals surface area contributed by atoms with Crippen molar-refractivity contribution in [3.05, 3.63) is 11.1 Å². The van der Waals surface area contributed by atoms with Crippen LogP contribution in [0.4, 0.5) is 5.13 Å². The number of piperidine rings is 1. The molecule has 0 saturated carbocycles. The average Bonchev–Trinajstić information content (AvgIpc) is 2.79. The van der Waals surface area contributed by atoms with Gasteiger partial charge in [0.25, 0.3) is 0 Å². The Morgan fingerprint density at radius 2 is 2.33 bits per heavy atom. The lowest BCUT2D eigenvalue weighted by Crippen LogP contribution is -2.43. The number of anilines is 1. The topological polar surface area (TPSA) is 54.0 Å². The van der Waals surface area contributed by atoms with Crippen molar-refractivity contribution in [2.75, 3.05) is 11.9 Å². The van der Waals surface area contributed by atoms with Crippen molar-refractivity contribution in [1.82, 2.24) is 10.3 Å². The van der Waals surface area contributed by atoms with Crippen molar-refractivity contribution in [3.8, 4) is 0 Å². The van der Waals surface area contributed by atoms with Gasteiger partial charge in [-0.25, -0.2) is 4.98 Å². The van der Waals surface area contributed by atoms with Gasteiger partial charge in [-0.2, -0.15) is 0 Å². The van der Waals surface area contributed by atoms with E-state index >= 15 is 0 Å². The lowest BCUT2D eigenvalue weighted by Gasteiger charge is -2.21. The zero-order valence-corrected chi connectivity index (χ0v) is 12.4. The third kappa shape index (κ3) is 3.93. The molecule has 4 nitrogen and oxygen atoms in total. The Balaban J connectivity index is 0.00000162. The van der Waals surface area contributed by atoms with Crippen LogP contribution in [0.15, 0.2) is 6.20 Å². The van der Waals surface area contributed by atoms with Gasteiger partial charge in [0.2, 0.25) is 5.91 Å². The molecule has 18 heavy (non-hydrogen) atoms. The summed E-state index contributed by atoms with van der Waals surface area (Å²) in [4.78, 5) is 17.4. The van der Waals surface area contributed by atoms with Crippen molar-refractivity contribution in [2.24, 2.45) is 0 Å². The molecule has 1 saturated heterocycles. The number of nitrogens with one attached hydrogen (secondary N) is 2. The highest BCUT2D eigenvalue weighted by atomic mass is 35.5. The molecule has 0 radical (unpaired) electrons. The van der Waals surface area contributed by atoms with E-state index in [1.165, 1.54) is 11.3 Å². The molecule has 2 N–H and O–H groups in total. The van der Waals surface area contributed by atoms with Gasteiger partial charge in [0.15, 0.2) is 5.13 Å². The number of aromatic nitrogens is 1. The molecule has 0 spiro atoms. The molecule has 1 atom stereocenters. The second kappa shape index (κ2) is 7.07. The smallest absolute Gasteiger partial charge is 0.243 e. The molecule has 1 aliphatic rings. The Kier molecular flexibility index (Phi) is 6.05. The summed E-state index contributed by atoms with van der Waals surface area (Å²) in [5.41, 5.74) is 0. The first-order chi connectivity index (χ1) is 8.16. The molecule has 0 aliphatic carbocycles. The van der Waals surface area contributed by atoms with Gasteiger partial charge < -0.3 is 10.6 Å². The lowest BCUT2D eigenvalue weighted by molar-refractivity contribution is -0.118. The summed E-state index contributed by atoms with van der Waals surface area (Å²) in [6, 6.07) is -0.0462. The Morgan fingerprint density at radius 1 is 1.56 bits per heavy atom. The molecule has 1 unspecified atom stereocenters. The van der Waals surface area contributed by atoms with Crippen LogP contribution in [0.3, 0.4) is 0 Å². The number of thiazole rings is 1. The van der Waals surface area contributed by atoms with Crippen LogP contribution in [-0.2, 0) is 4.79 Å². The minimum atomic E-state index is -0.0462. The van der Waals surface area contributed by atoms with Crippen LogP contribution in [0.2, 0.25) is 0 Å². The third-order valence-electron chi connectivity index (χ3n) is 2.95. The van der Waals surface area contributed by atoms with Crippen molar-refractivity contribution in [3.63, 3.8) is 0 Å². The van der Waals surface area contributed by atoms with E-state index in [1.807, 2.05) is 6.20 Å². The first-order valence-electron chi connectivity index (χ1n) is 6.17. The fourth-order valence-electron chi connectivity index (χ4n) is 1.88. The van der Waals surface area contributed by atoms with Gasteiger partial charge in [0.05, 0.1) is 6.04 Å². The number of nitrogens with zero attached hydrogens (tertiary/aromatic N) is 1. The number of rotatable bonds is 3. The number of halogens is 1. The standard InChI is InChI=1S/C12H19N3OS.ClH/c1-8(2)10-7-14-12(17-10)15-11(16)9-5-3-4-6-13-9;/h7-9,13H,3-6H2,1-2H3,(H,14,15,16);1H. The molecule has 0 bridgehead atoms. The molecule has 2 heterocycles. The summed E-state index contributed by atoms with van der Waals surface area (Å²) in [5, 5.41) is 6.84. The van der Waals surface area contributed by atoms with Gasteiger partial charge in [-0.1, -0.05) is 20.3 Å². The first kappa shape index (κ1) is 15.4. The molecule has 6 heteroatoms. The highest BCUT2D eigenvalue weighted by molar-refractivity contribution is 7.15. The molecule has 1 aliphatic heterocycles. The first-order valence-corrected chi connectivity index (χ1v) is 6.98. The maximum atomic E-state index is 11.9. The van der Waals surface area contributed by atoms with Gasteiger partial charge in [-0.05, 0) is 25.3 Å². The summed E-state index contributed by atoms with van der Waals surface area (Å²) >= 11 is 1.56. The zero-order valence-electron chi connectivity index (χ0n) is 10.7. The van der Waals surface area contributed by atoms with Crippen molar-refractivity contribution in [1.29, 1.82) is 0 Å². The highest BCUT2D eigenvalue weighted by Crippen LogP contribution is 2.25. The van der Waals surface area contributed by atoms with Crippen LogP contribution in [0.25, 0.3) is 0 Å². The molecule has 102 valence electrons. The average molecular weight is 290 g/mol. The number of carbonyl (C=O) groups is 1. The fraction of sp³-hybridized carbons (Fsp3) is 0.667. The Bertz CT molecular complexity index is 388. The van der Waals surface area contributed by atoms with Gasteiger partial charge >= 0.3 is 0 Å². The predicted octanol–water partition coefficient (Wildman–Crippen LogP) is 2.77. The minimum Gasteiger partial charge on any atom is -0.306 e. The summed E-state index contributed by atoms with van der Waals surface area (Å²) in [6.07, 6.45) is 5.06. The minimum absolute atomic E-state index is 0. The van der Waals surface area contributed by atoms with Gasteiger partial charge in [-0.15, -0.1) is 23.7 Å². The summed E-state index contributed by atoms with van der Waals surface area (Å²) in [6.45, 7) is 5.19. The largest absolute Gasteiger partial charge is 0.306 e. The number of amides is 1. The Hall–Kier alpha value is -0.650. The second-order valence-corrected chi connectivity index (χ2v) is 5.78. The summed E-state index contributed by atoms with van der Waals surface area (Å²) in [7, 11) is 0. The van der Waals surface area contributed by atoms with Crippen LogP contribution in [0.1, 0.15) is 43.9 Å². The van der Waals surface area contributed by atoms with Crippen LogP contribution in [0, 0.1) is 0 Å². The zero-order chi connectivity index (χ0) is 12.3. The summed E-state index contributed by atoms with van der Waals surface area (Å²) in [5.74, 6) is 0.514. The molecule has 1 aromatic rings. The molecule has 0 aromatic carbocycles. The Labute approximate surface area is 118 Å². The Morgan fingerprint density at radius 3 is 2.89 bits per heavy atom. The fourth-order valence-corrected chi connectivity index (χ4v) is 2.70. The van der Waals surface area contributed by atoms with E-state index in [0.29, 0.717) is 11.0 Å². The SMILES string of the molecule is CC(C)c1cnc(NC(=O)C2CCCCN2)s1.Cl. The monoisotopic (exact) mass is 289 g/mol. The van der Waals surface area contributed by atoms with Gasteiger partial charge in [0, 0.05) is 11.1 Å². The molecule has 1 aromatic heterocycles. The molecule has 1 fully saturated rings. The molecular formula is C12H20ClN3OS. The van der Waals surface area contributed by atoms with Crippen LogP contribution in [-0.4, -0.2) is 23.5 Å². The molecule has 2 rings (SSSR count). The normalized spacial score (nSPS) is 19.4.